The predicted octanol–water partition coefficient (Wildman–Crippen LogP) is 4.30. The topological polar surface area (TPSA) is 35.5 Å². The van der Waals surface area contributed by atoms with Gasteiger partial charge in [-0.05, 0) is 62.8 Å². The molecule has 3 nitrogen and oxygen atoms in total. The fourth-order valence-corrected chi connectivity index (χ4v) is 2.94. The maximum Gasteiger partial charge on any atom is 0.197 e. The monoisotopic (exact) mass is 446 g/mol. The highest BCUT2D eigenvalue weighted by molar-refractivity contribution is 14.1. The summed E-state index contributed by atoms with van der Waals surface area (Å²) < 4.78 is 12.2. The zero-order valence-electron chi connectivity index (χ0n) is 10.9. The van der Waals surface area contributed by atoms with Gasteiger partial charge in [0.2, 0.25) is 0 Å². The molecular formula is C15H12BrIO3. The van der Waals surface area contributed by atoms with E-state index in [9.17, 15) is 4.79 Å². The third kappa shape index (κ3) is 2.98. The van der Waals surface area contributed by atoms with Crippen molar-refractivity contribution in [2.45, 2.75) is 0 Å². The summed E-state index contributed by atoms with van der Waals surface area (Å²) in [5, 5.41) is 0. The first-order valence-electron chi connectivity index (χ1n) is 5.79. The Kier molecular flexibility index (Phi) is 5.04. The van der Waals surface area contributed by atoms with E-state index < -0.39 is 0 Å². The van der Waals surface area contributed by atoms with Crippen molar-refractivity contribution in [3.8, 4) is 11.5 Å². The van der Waals surface area contributed by atoms with Crippen LogP contribution in [0.3, 0.4) is 0 Å². The van der Waals surface area contributed by atoms with Crippen molar-refractivity contribution in [3.05, 3.63) is 55.6 Å². The fraction of sp³-hybridized carbons (Fsp3) is 0.133. The summed E-state index contributed by atoms with van der Waals surface area (Å²) in [5.74, 6) is 1.03. The molecule has 0 radical (unpaired) electrons. The lowest BCUT2D eigenvalue weighted by molar-refractivity contribution is 0.103. The molecule has 5 heteroatoms. The molecule has 0 unspecified atom stereocenters. The Morgan fingerprint density at radius 3 is 2.30 bits per heavy atom. The van der Waals surface area contributed by atoms with Gasteiger partial charge in [-0.3, -0.25) is 4.79 Å². The van der Waals surface area contributed by atoms with Crippen molar-refractivity contribution in [3.63, 3.8) is 0 Å². The Balaban J connectivity index is 2.57. The van der Waals surface area contributed by atoms with Gasteiger partial charge in [-0.1, -0.05) is 12.1 Å². The van der Waals surface area contributed by atoms with Crippen molar-refractivity contribution in [1.82, 2.24) is 0 Å². The molecule has 0 fully saturated rings. The van der Waals surface area contributed by atoms with Gasteiger partial charge in [0.25, 0.3) is 0 Å². The van der Waals surface area contributed by atoms with Gasteiger partial charge in [-0.15, -0.1) is 0 Å². The predicted molar refractivity (Wildman–Crippen MR) is 89.8 cm³/mol. The van der Waals surface area contributed by atoms with Gasteiger partial charge in [0.1, 0.15) is 11.5 Å². The van der Waals surface area contributed by atoms with E-state index in [0.29, 0.717) is 22.6 Å². The number of ketones is 1. The summed E-state index contributed by atoms with van der Waals surface area (Å²) in [6.45, 7) is 0. The molecule has 0 aliphatic rings. The summed E-state index contributed by atoms with van der Waals surface area (Å²) in [6.07, 6.45) is 0. The van der Waals surface area contributed by atoms with E-state index in [1.165, 1.54) is 0 Å². The van der Waals surface area contributed by atoms with Gasteiger partial charge < -0.3 is 9.47 Å². The van der Waals surface area contributed by atoms with Gasteiger partial charge >= 0.3 is 0 Å². The number of hydrogen-bond donors (Lipinski definition) is 0. The second-order valence-electron chi connectivity index (χ2n) is 4.00. The van der Waals surface area contributed by atoms with Crippen LogP contribution in [0.5, 0.6) is 11.5 Å². The number of ether oxygens (including phenoxy) is 2. The van der Waals surface area contributed by atoms with E-state index in [2.05, 4.69) is 38.5 Å². The lowest BCUT2D eigenvalue weighted by Gasteiger charge is -2.12. The van der Waals surface area contributed by atoms with Gasteiger partial charge in [0.05, 0.1) is 24.3 Å². The van der Waals surface area contributed by atoms with E-state index in [1.54, 1.807) is 32.4 Å². The number of methoxy groups -OCH3 is 2. The second-order valence-corrected chi connectivity index (χ2v) is 6.01. The van der Waals surface area contributed by atoms with Gasteiger partial charge in [-0.2, -0.15) is 0 Å². The molecule has 0 aliphatic heterocycles. The molecule has 20 heavy (non-hydrogen) atoms. The van der Waals surface area contributed by atoms with Crippen molar-refractivity contribution in [2.24, 2.45) is 0 Å². The number of carbonyl (C=O) groups is 1. The zero-order valence-corrected chi connectivity index (χ0v) is 14.7. The minimum absolute atomic E-state index is 0.0855. The number of benzene rings is 2. The molecule has 0 saturated heterocycles. The Morgan fingerprint density at radius 2 is 1.70 bits per heavy atom. The standard InChI is InChI=1S/C15H12BrIO3/c1-19-13-8-11(16)14(20-2)7-10(13)15(18)9-5-3-4-6-12(9)17/h3-8H,1-2H3. The number of halogens is 2. The van der Waals surface area contributed by atoms with Crippen LogP contribution in [0.4, 0.5) is 0 Å². The van der Waals surface area contributed by atoms with Crippen LogP contribution in [0.25, 0.3) is 0 Å². The van der Waals surface area contributed by atoms with E-state index in [4.69, 9.17) is 9.47 Å². The largest absolute Gasteiger partial charge is 0.496 e. The van der Waals surface area contributed by atoms with E-state index in [0.717, 1.165) is 8.04 Å². The van der Waals surface area contributed by atoms with Crippen LogP contribution in [0, 0.1) is 3.57 Å². The molecule has 0 amide bonds. The molecule has 2 aromatic carbocycles. The van der Waals surface area contributed by atoms with Crippen LogP contribution in [-0.4, -0.2) is 20.0 Å². The van der Waals surface area contributed by atoms with Crippen molar-refractivity contribution < 1.29 is 14.3 Å². The summed E-state index contributed by atoms with van der Waals surface area (Å²) in [7, 11) is 3.11. The van der Waals surface area contributed by atoms with E-state index >= 15 is 0 Å². The molecule has 0 saturated carbocycles. The molecule has 0 spiro atoms. The van der Waals surface area contributed by atoms with Gasteiger partial charge in [-0.25, -0.2) is 0 Å². The van der Waals surface area contributed by atoms with Crippen molar-refractivity contribution in [2.75, 3.05) is 14.2 Å². The van der Waals surface area contributed by atoms with E-state index in [-0.39, 0.29) is 5.78 Å². The first-order chi connectivity index (χ1) is 9.58. The van der Waals surface area contributed by atoms with Crippen molar-refractivity contribution in [1.29, 1.82) is 0 Å². The third-order valence-corrected chi connectivity index (χ3v) is 4.40. The highest BCUT2D eigenvalue weighted by Crippen LogP contribution is 2.34. The van der Waals surface area contributed by atoms with Crippen LogP contribution >= 0.6 is 38.5 Å². The van der Waals surface area contributed by atoms with Crippen molar-refractivity contribution >= 4 is 44.3 Å². The molecule has 0 aliphatic carbocycles. The summed E-state index contributed by atoms with van der Waals surface area (Å²) in [6, 6.07) is 10.9. The average molecular weight is 447 g/mol. The lowest BCUT2D eigenvalue weighted by Crippen LogP contribution is -2.06. The number of carbonyl (C=O) groups excluding carboxylic acids is 1. The SMILES string of the molecule is COc1cc(C(=O)c2ccccc2I)c(OC)cc1Br. The minimum Gasteiger partial charge on any atom is -0.496 e. The van der Waals surface area contributed by atoms with E-state index in [1.807, 2.05) is 18.2 Å². The minimum atomic E-state index is -0.0855. The fourth-order valence-electron chi connectivity index (χ4n) is 1.83. The molecule has 2 rings (SSSR count). The molecule has 0 N–H and O–H groups in total. The Hall–Kier alpha value is -1.08. The highest BCUT2D eigenvalue weighted by atomic mass is 127. The number of hydrogen-bond acceptors (Lipinski definition) is 3. The first-order valence-corrected chi connectivity index (χ1v) is 7.66. The maximum absolute atomic E-state index is 12.7. The second kappa shape index (κ2) is 6.58. The highest BCUT2D eigenvalue weighted by Gasteiger charge is 2.19. The Bertz CT molecular complexity index is 656. The maximum atomic E-state index is 12.7. The first kappa shape index (κ1) is 15.3. The zero-order chi connectivity index (χ0) is 14.7. The summed E-state index contributed by atoms with van der Waals surface area (Å²) in [4.78, 5) is 12.7. The number of rotatable bonds is 4. The van der Waals surface area contributed by atoms with Gasteiger partial charge in [0, 0.05) is 9.13 Å². The summed E-state index contributed by atoms with van der Waals surface area (Å²) in [5.41, 5.74) is 1.13. The normalized spacial score (nSPS) is 10.2. The Labute approximate surface area is 139 Å². The van der Waals surface area contributed by atoms with Crippen LogP contribution in [-0.2, 0) is 0 Å². The average Bonchev–Trinajstić information content (AvgIpc) is 2.46. The molecule has 0 aromatic heterocycles. The Morgan fingerprint density at radius 1 is 1.05 bits per heavy atom. The molecule has 0 bridgehead atoms. The smallest absolute Gasteiger partial charge is 0.197 e. The molecule has 0 heterocycles. The molecular weight excluding hydrogens is 435 g/mol. The van der Waals surface area contributed by atoms with Gasteiger partial charge in [0.15, 0.2) is 5.78 Å². The lowest BCUT2D eigenvalue weighted by atomic mass is 10.0. The molecule has 0 atom stereocenters. The van der Waals surface area contributed by atoms with Crippen LogP contribution in [0.15, 0.2) is 40.9 Å². The van der Waals surface area contributed by atoms with Crippen LogP contribution in [0.2, 0.25) is 0 Å². The van der Waals surface area contributed by atoms with Crippen LogP contribution < -0.4 is 9.47 Å². The third-order valence-electron chi connectivity index (χ3n) is 2.84. The summed E-state index contributed by atoms with van der Waals surface area (Å²) >= 11 is 5.53. The molecule has 2 aromatic rings. The molecule has 104 valence electrons. The quantitative estimate of drug-likeness (QED) is 0.518. The van der Waals surface area contributed by atoms with Crippen LogP contribution in [0.1, 0.15) is 15.9 Å².